The van der Waals surface area contributed by atoms with Gasteiger partial charge in [-0.3, -0.25) is 4.79 Å². The summed E-state index contributed by atoms with van der Waals surface area (Å²) in [7, 11) is 0. The van der Waals surface area contributed by atoms with E-state index in [4.69, 9.17) is 0 Å². The summed E-state index contributed by atoms with van der Waals surface area (Å²) in [4.78, 5) is 34.0. The minimum atomic E-state index is -0.956. The number of imidazole rings is 1. The molecule has 5 fully saturated rings. The fraction of sp³-hybridized carbons (Fsp3) is 0.638. The molecule has 5 N–H and O–H groups in total. The number of aliphatic hydroxyl groups is 1. The number of benzene rings is 2. The van der Waals surface area contributed by atoms with Crippen molar-refractivity contribution in [3.05, 3.63) is 77.1 Å². The monoisotopic (exact) mass is 748 g/mol. The van der Waals surface area contributed by atoms with Crippen molar-refractivity contribution in [3.63, 3.8) is 0 Å². The number of aromatic nitrogens is 2. The second-order valence-corrected chi connectivity index (χ2v) is 20.0. The molecule has 5 aliphatic carbocycles. The van der Waals surface area contributed by atoms with Crippen molar-refractivity contribution in [1.29, 1.82) is 0 Å². The number of carbonyl (C=O) groups is 2. The first-order valence-electron chi connectivity index (χ1n) is 21.2. The Morgan fingerprint density at radius 1 is 0.855 bits per heavy atom. The minimum Gasteiger partial charge on any atom is -0.478 e. The van der Waals surface area contributed by atoms with Crippen LogP contribution in [0.3, 0.4) is 0 Å². The molecule has 0 radical (unpaired) electrons. The van der Waals surface area contributed by atoms with Crippen molar-refractivity contribution >= 4 is 22.9 Å². The molecule has 55 heavy (non-hydrogen) atoms. The largest absolute Gasteiger partial charge is 0.478 e. The molecule has 8 nitrogen and oxygen atoms in total. The number of allylic oxidation sites excluding steroid dienone is 1. The number of aliphatic hydroxyl groups excluding tert-OH is 1. The zero-order valence-electron chi connectivity index (χ0n) is 34.1. The molecule has 1 heterocycles. The lowest BCUT2D eigenvalue weighted by Gasteiger charge is -2.72. The van der Waals surface area contributed by atoms with Crippen molar-refractivity contribution < 1.29 is 19.8 Å². The topological polar surface area (TPSA) is 127 Å². The average Bonchev–Trinajstić information content (AvgIpc) is 3.75. The molecule has 5 saturated carbocycles. The van der Waals surface area contributed by atoms with Gasteiger partial charge in [0.25, 0.3) is 0 Å². The Hall–Kier alpha value is -3.49. The van der Waals surface area contributed by atoms with Crippen LogP contribution in [-0.2, 0) is 24.4 Å². The van der Waals surface area contributed by atoms with Gasteiger partial charge in [-0.05, 0) is 152 Å². The van der Waals surface area contributed by atoms with Gasteiger partial charge in [0.05, 0.1) is 34.7 Å². The highest BCUT2D eigenvalue weighted by Gasteiger charge is 2.71. The van der Waals surface area contributed by atoms with Gasteiger partial charge in [-0.1, -0.05) is 71.0 Å². The molecule has 0 saturated heterocycles. The molecule has 0 aliphatic heterocycles. The second kappa shape index (κ2) is 13.6. The highest BCUT2D eigenvalue weighted by molar-refractivity contribution is 5.92. The molecule has 2 aromatic carbocycles. The summed E-state index contributed by atoms with van der Waals surface area (Å²) < 4.78 is 0. The Labute approximate surface area is 327 Å². The summed E-state index contributed by atoms with van der Waals surface area (Å²) in [5.74, 6) is 2.44. The van der Waals surface area contributed by atoms with Gasteiger partial charge in [-0.25, -0.2) is 9.78 Å². The summed E-state index contributed by atoms with van der Waals surface area (Å²) in [6.45, 7) is 21.0. The number of aromatic carboxylic acids is 1. The number of amides is 1. The van der Waals surface area contributed by atoms with Crippen LogP contribution in [0.15, 0.2) is 54.6 Å². The van der Waals surface area contributed by atoms with Crippen LogP contribution >= 0.6 is 0 Å². The molecule has 0 bridgehead atoms. The van der Waals surface area contributed by atoms with Crippen LogP contribution in [0.25, 0.3) is 11.0 Å². The van der Waals surface area contributed by atoms with E-state index in [-0.39, 0.29) is 44.6 Å². The van der Waals surface area contributed by atoms with Crippen LogP contribution < -0.4 is 10.6 Å². The van der Waals surface area contributed by atoms with Crippen molar-refractivity contribution in [1.82, 2.24) is 20.6 Å². The lowest BCUT2D eigenvalue weighted by molar-refractivity contribution is -0.246. The van der Waals surface area contributed by atoms with Crippen LogP contribution in [0.4, 0.5) is 0 Å². The Morgan fingerprint density at radius 2 is 1.62 bits per heavy atom. The Morgan fingerprint density at radius 3 is 2.36 bits per heavy atom. The van der Waals surface area contributed by atoms with Gasteiger partial charge in [0.1, 0.15) is 5.82 Å². The highest BCUT2D eigenvalue weighted by Crippen LogP contribution is 2.77. The molecule has 1 aromatic heterocycles. The van der Waals surface area contributed by atoms with E-state index >= 15 is 0 Å². The molecule has 9 unspecified atom stereocenters. The molecule has 3 aromatic rings. The summed E-state index contributed by atoms with van der Waals surface area (Å²) in [6.07, 6.45) is 10.7. The maximum atomic E-state index is 14.8. The number of carboxylic acids is 1. The SMILES string of the molecule is C=C(C)C1CCC2(C(=O)NCc3cccc(CNCc4nc5ccc(C(=O)O)cc5[nH]4)c3)CC[C@]3(C)C(CCC4C5(C)CCC(O)C(C)(C)C5CCC43C)C12. The van der Waals surface area contributed by atoms with Gasteiger partial charge in [-0.2, -0.15) is 0 Å². The van der Waals surface area contributed by atoms with Gasteiger partial charge < -0.3 is 25.8 Å². The molecule has 0 spiro atoms. The Bertz CT molecular complexity index is 2000. The standard InChI is InChI=1S/C47H64N4O4/c1-28(2)32-15-20-47(22-21-45(6)33(40(32)47)12-14-37-44(5)18-17-38(52)43(3,4)36(44)16-19-46(37,45)7)42(55)49-26-30-10-8-9-29(23-30)25-48-27-39-50-34-13-11-31(41(53)54)24-35(34)51-39/h8-11,13,23-24,32-33,36-38,40,48,52H,1,12,14-22,25-27H2,2-7H3,(H,49,55)(H,50,51)(H,53,54)/t32?,33?,36?,37?,38?,40?,44?,45-,46?,47?/m1/s1. The number of carbonyl (C=O) groups excluding carboxylic acids is 1. The number of fused-ring (bicyclic) bond motifs is 8. The van der Waals surface area contributed by atoms with Crippen molar-refractivity contribution in [3.8, 4) is 0 Å². The van der Waals surface area contributed by atoms with E-state index in [9.17, 15) is 19.8 Å². The first-order valence-corrected chi connectivity index (χ1v) is 21.2. The number of nitrogens with zero attached hydrogens (tertiary/aromatic N) is 1. The van der Waals surface area contributed by atoms with Crippen LogP contribution in [0.2, 0.25) is 0 Å². The molecule has 10 atom stereocenters. The van der Waals surface area contributed by atoms with Crippen molar-refractivity contribution in [2.45, 2.75) is 131 Å². The summed E-state index contributed by atoms with van der Waals surface area (Å²) in [6, 6.07) is 13.4. The van der Waals surface area contributed by atoms with Crippen molar-refractivity contribution in [2.75, 3.05) is 0 Å². The van der Waals surface area contributed by atoms with E-state index in [1.165, 1.54) is 31.3 Å². The minimum absolute atomic E-state index is 0.0507. The van der Waals surface area contributed by atoms with Crippen LogP contribution in [0, 0.1) is 56.7 Å². The normalized spacial score (nSPS) is 37.7. The number of hydrogen-bond acceptors (Lipinski definition) is 5. The fourth-order valence-electron chi connectivity index (χ4n) is 14.3. The lowest BCUT2D eigenvalue weighted by atomic mass is 9.32. The Balaban J connectivity index is 0.962. The van der Waals surface area contributed by atoms with Gasteiger partial charge in [0.15, 0.2) is 0 Å². The first kappa shape index (κ1) is 38.4. The van der Waals surface area contributed by atoms with E-state index in [0.717, 1.165) is 61.0 Å². The van der Waals surface area contributed by atoms with E-state index in [1.54, 1.807) is 18.2 Å². The third-order valence-electron chi connectivity index (χ3n) is 17.3. The van der Waals surface area contributed by atoms with Gasteiger partial charge in [0, 0.05) is 13.1 Å². The van der Waals surface area contributed by atoms with Crippen LogP contribution in [-0.4, -0.2) is 38.2 Å². The molecule has 5 aliphatic rings. The Kier molecular flexibility index (Phi) is 9.47. The number of rotatable bonds is 9. The number of hydrogen-bond donors (Lipinski definition) is 5. The summed E-state index contributed by atoms with van der Waals surface area (Å²) >= 11 is 0. The first-order chi connectivity index (χ1) is 26.0. The van der Waals surface area contributed by atoms with Gasteiger partial charge >= 0.3 is 5.97 Å². The predicted octanol–water partition coefficient (Wildman–Crippen LogP) is 9.19. The number of aromatic amines is 1. The summed E-state index contributed by atoms with van der Waals surface area (Å²) in [5.41, 5.74) is 5.39. The molecular formula is C47H64N4O4. The summed E-state index contributed by atoms with van der Waals surface area (Å²) in [5, 5.41) is 27.4. The second-order valence-electron chi connectivity index (χ2n) is 20.0. The van der Waals surface area contributed by atoms with E-state index in [1.807, 2.05) is 0 Å². The zero-order chi connectivity index (χ0) is 39.1. The smallest absolute Gasteiger partial charge is 0.335 e. The molecule has 296 valence electrons. The maximum absolute atomic E-state index is 14.8. The highest BCUT2D eigenvalue weighted by atomic mass is 16.4. The maximum Gasteiger partial charge on any atom is 0.335 e. The third kappa shape index (κ3) is 5.94. The zero-order valence-corrected chi connectivity index (χ0v) is 34.1. The number of carboxylic acid groups (broad SMARTS) is 1. The average molecular weight is 749 g/mol. The fourth-order valence-corrected chi connectivity index (χ4v) is 14.3. The number of H-pyrrole nitrogens is 1. The van der Waals surface area contributed by atoms with Gasteiger partial charge in [-0.15, -0.1) is 0 Å². The molecule has 8 heteroatoms. The predicted molar refractivity (Wildman–Crippen MR) is 217 cm³/mol. The van der Waals surface area contributed by atoms with Crippen molar-refractivity contribution in [2.24, 2.45) is 56.7 Å². The molecule has 1 amide bonds. The quantitative estimate of drug-likeness (QED) is 0.139. The molecular weight excluding hydrogens is 685 g/mol. The molecule has 8 rings (SSSR count). The number of nitrogens with one attached hydrogen (secondary N) is 3. The third-order valence-corrected chi connectivity index (χ3v) is 17.3. The van der Waals surface area contributed by atoms with E-state index in [2.05, 4.69) is 93.0 Å². The van der Waals surface area contributed by atoms with Crippen LogP contribution in [0.5, 0.6) is 0 Å². The van der Waals surface area contributed by atoms with Crippen LogP contribution in [0.1, 0.15) is 133 Å². The van der Waals surface area contributed by atoms with Gasteiger partial charge in [0.2, 0.25) is 5.91 Å². The van der Waals surface area contributed by atoms with E-state index in [0.29, 0.717) is 54.7 Å². The van der Waals surface area contributed by atoms with E-state index < -0.39 is 5.97 Å². The lowest BCUT2D eigenvalue weighted by Crippen LogP contribution is -2.67.